The molecular weight excluding hydrogens is 183 g/mol. The highest BCUT2D eigenvalue weighted by Gasteiger charge is 2.49. The van der Waals surface area contributed by atoms with E-state index in [0.29, 0.717) is 12.1 Å². The van der Waals surface area contributed by atoms with E-state index in [1.807, 2.05) is 0 Å². The van der Waals surface area contributed by atoms with Gasteiger partial charge in [-0.05, 0) is 18.4 Å². The van der Waals surface area contributed by atoms with Crippen molar-refractivity contribution in [3.8, 4) is 0 Å². The van der Waals surface area contributed by atoms with Crippen LogP contribution >= 0.6 is 0 Å². The summed E-state index contributed by atoms with van der Waals surface area (Å²) in [5.41, 5.74) is 1.45. The Bertz CT molecular complexity index is 426. The molecule has 14 heavy (non-hydrogen) atoms. The zero-order chi connectivity index (χ0) is 9.76. The third-order valence-electron chi connectivity index (χ3n) is 3.13. The first kappa shape index (κ1) is 7.91. The molecule has 1 aliphatic carbocycles. The highest BCUT2D eigenvalue weighted by Crippen LogP contribution is 2.50. The van der Waals surface area contributed by atoms with Crippen LogP contribution in [0.4, 0.5) is 4.39 Å². The number of nitrogens with one attached hydrogen (secondary N) is 1. The molecular formula is C10H9FN2O. The second-order valence-corrected chi connectivity index (χ2v) is 4.02. The molecule has 0 bridgehead atoms. The topological polar surface area (TPSA) is 42.0 Å². The Morgan fingerprint density at radius 2 is 2.29 bits per heavy atom. The predicted molar refractivity (Wildman–Crippen MR) is 47.4 cm³/mol. The molecule has 0 saturated heterocycles. The number of rotatable bonds is 0. The van der Waals surface area contributed by atoms with E-state index >= 15 is 0 Å². The average Bonchev–Trinajstić information content (AvgIpc) is 2.93. The van der Waals surface area contributed by atoms with Gasteiger partial charge >= 0.3 is 0 Å². The summed E-state index contributed by atoms with van der Waals surface area (Å²) in [6.45, 7) is 0.673. The standard InChI is InChI=1S/C10H9FN2O/c11-8-3-6-7(4-12-8)10(1-2-10)5-13-9(6)14/h3-4H,1-2,5H2,(H,13,14). The van der Waals surface area contributed by atoms with E-state index in [1.54, 1.807) is 0 Å². The van der Waals surface area contributed by atoms with Crippen molar-refractivity contribution in [1.82, 2.24) is 10.3 Å². The minimum Gasteiger partial charge on any atom is -0.351 e. The molecule has 1 fully saturated rings. The summed E-state index contributed by atoms with van der Waals surface area (Å²) in [4.78, 5) is 15.1. The zero-order valence-corrected chi connectivity index (χ0v) is 7.51. The number of fused-ring (bicyclic) bond motifs is 2. The number of hydrogen-bond donors (Lipinski definition) is 1. The summed E-state index contributed by atoms with van der Waals surface area (Å²) < 4.78 is 12.8. The van der Waals surface area contributed by atoms with E-state index in [1.165, 1.54) is 12.3 Å². The molecule has 3 nitrogen and oxygen atoms in total. The molecule has 0 atom stereocenters. The molecule has 2 aliphatic rings. The predicted octanol–water partition coefficient (Wildman–Crippen LogP) is 0.996. The molecule has 1 aliphatic heterocycles. The first-order chi connectivity index (χ1) is 6.71. The van der Waals surface area contributed by atoms with E-state index < -0.39 is 5.95 Å². The molecule has 4 heteroatoms. The maximum Gasteiger partial charge on any atom is 0.251 e. The number of hydrogen-bond acceptors (Lipinski definition) is 2. The molecule has 72 valence electrons. The summed E-state index contributed by atoms with van der Waals surface area (Å²) >= 11 is 0. The fourth-order valence-corrected chi connectivity index (χ4v) is 2.08. The van der Waals surface area contributed by atoms with E-state index in [-0.39, 0.29) is 11.3 Å². The highest BCUT2D eigenvalue weighted by atomic mass is 19.1. The number of pyridine rings is 1. The Hall–Kier alpha value is -1.45. The van der Waals surface area contributed by atoms with Gasteiger partial charge in [0.25, 0.3) is 5.91 Å². The second-order valence-electron chi connectivity index (χ2n) is 4.02. The number of amides is 1. The minimum atomic E-state index is -0.586. The Morgan fingerprint density at radius 3 is 3.00 bits per heavy atom. The monoisotopic (exact) mass is 192 g/mol. The molecule has 1 N–H and O–H groups in total. The Morgan fingerprint density at radius 1 is 1.50 bits per heavy atom. The summed E-state index contributed by atoms with van der Waals surface area (Å²) in [7, 11) is 0. The first-order valence-electron chi connectivity index (χ1n) is 4.66. The third-order valence-corrected chi connectivity index (χ3v) is 3.13. The molecule has 0 aromatic carbocycles. The van der Waals surface area contributed by atoms with Crippen LogP contribution in [0.15, 0.2) is 12.3 Å². The molecule has 3 rings (SSSR count). The van der Waals surface area contributed by atoms with Gasteiger partial charge < -0.3 is 5.32 Å². The quantitative estimate of drug-likeness (QED) is 0.623. The maximum absolute atomic E-state index is 12.8. The summed E-state index contributed by atoms with van der Waals surface area (Å²) in [5, 5.41) is 2.78. The lowest BCUT2D eigenvalue weighted by molar-refractivity contribution is 0.0936. The summed E-state index contributed by atoms with van der Waals surface area (Å²) in [6, 6.07) is 1.23. The maximum atomic E-state index is 12.8. The van der Waals surface area contributed by atoms with Gasteiger partial charge in [0.1, 0.15) is 0 Å². The molecule has 1 amide bonds. The Balaban J connectivity index is 2.21. The van der Waals surface area contributed by atoms with Gasteiger partial charge in [-0.1, -0.05) is 0 Å². The van der Waals surface area contributed by atoms with Crippen molar-refractivity contribution >= 4 is 5.91 Å². The van der Waals surface area contributed by atoms with Crippen molar-refractivity contribution in [2.24, 2.45) is 0 Å². The van der Waals surface area contributed by atoms with E-state index in [0.717, 1.165) is 18.4 Å². The van der Waals surface area contributed by atoms with Crippen molar-refractivity contribution in [3.05, 3.63) is 29.3 Å². The number of halogens is 1. The largest absolute Gasteiger partial charge is 0.351 e. The van der Waals surface area contributed by atoms with Crippen LogP contribution in [0.1, 0.15) is 28.8 Å². The molecule has 2 heterocycles. The van der Waals surface area contributed by atoms with Crippen molar-refractivity contribution in [2.75, 3.05) is 6.54 Å². The van der Waals surface area contributed by atoms with Gasteiger partial charge in [-0.25, -0.2) is 4.98 Å². The summed E-state index contributed by atoms with van der Waals surface area (Å²) in [6.07, 6.45) is 3.64. The van der Waals surface area contributed by atoms with Gasteiger partial charge in [0.15, 0.2) is 0 Å². The van der Waals surface area contributed by atoms with E-state index in [9.17, 15) is 9.18 Å². The SMILES string of the molecule is O=C1NCC2(CC2)c2cnc(F)cc21. The van der Waals surface area contributed by atoms with Gasteiger partial charge in [0.2, 0.25) is 5.95 Å². The van der Waals surface area contributed by atoms with Crippen molar-refractivity contribution < 1.29 is 9.18 Å². The minimum absolute atomic E-state index is 0.0734. The van der Waals surface area contributed by atoms with Gasteiger partial charge in [0.05, 0.1) is 0 Å². The first-order valence-corrected chi connectivity index (χ1v) is 4.66. The van der Waals surface area contributed by atoms with Crippen LogP contribution in [-0.2, 0) is 5.41 Å². The highest BCUT2D eigenvalue weighted by molar-refractivity contribution is 5.97. The summed E-state index contributed by atoms with van der Waals surface area (Å²) in [5.74, 6) is -0.768. The van der Waals surface area contributed by atoms with Crippen LogP contribution in [0.2, 0.25) is 0 Å². The van der Waals surface area contributed by atoms with Crippen molar-refractivity contribution in [2.45, 2.75) is 18.3 Å². The molecule has 1 aromatic rings. The molecule has 1 saturated carbocycles. The molecule has 1 aromatic heterocycles. The second kappa shape index (κ2) is 2.32. The normalized spacial score (nSPS) is 21.6. The van der Waals surface area contributed by atoms with Gasteiger partial charge in [0, 0.05) is 29.8 Å². The Labute approximate surface area is 80.3 Å². The van der Waals surface area contributed by atoms with Gasteiger partial charge in [-0.15, -0.1) is 0 Å². The fraction of sp³-hybridized carbons (Fsp3) is 0.400. The van der Waals surface area contributed by atoms with Crippen LogP contribution in [0.5, 0.6) is 0 Å². The van der Waals surface area contributed by atoms with Gasteiger partial charge in [-0.3, -0.25) is 4.79 Å². The smallest absolute Gasteiger partial charge is 0.251 e. The lowest BCUT2D eigenvalue weighted by Crippen LogP contribution is -2.39. The number of carbonyl (C=O) groups is 1. The van der Waals surface area contributed by atoms with E-state index in [2.05, 4.69) is 10.3 Å². The fourth-order valence-electron chi connectivity index (χ4n) is 2.08. The van der Waals surface area contributed by atoms with E-state index in [4.69, 9.17) is 0 Å². The lowest BCUT2D eigenvalue weighted by atomic mass is 9.89. The van der Waals surface area contributed by atoms with Crippen LogP contribution < -0.4 is 5.32 Å². The number of carbonyl (C=O) groups excluding carboxylic acids is 1. The molecule has 0 unspecified atom stereocenters. The van der Waals surface area contributed by atoms with Crippen molar-refractivity contribution in [1.29, 1.82) is 0 Å². The Kier molecular flexibility index (Phi) is 1.31. The zero-order valence-electron chi connectivity index (χ0n) is 7.51. The average molecular weight is 192 g/mol. The van der Waals surface area contributed by atoms with Crippen LogP contribution in [-0.4, -0.2) is 17.4 Å². The third kappa shape index (κ3) is 0.908. The van der Waals surface area contributed by atoms with Gasteiger partial charge in [-0.2, -0.15) is 4.39 Å². The number of aromatic nitrogens is 1. The molecule has 1 spiro atoms. The van der Waals surface area contributed by atoms with Crippen LogP contribution in [0.3, 0.4) is 0 Å². The van der Waals surface area contributed by atoms with Crippen LogP contribution in [0.25, 0.3) is 0 Å². The van der Waals surface area contributed by atoms with Crippen molar-refractivity contribution in [3.63, 3.8) is 0 Å². The van der Waals surface area contributed by atoms with Crippen LogP contribution in [0, 0.1) is 5.95 Å². The molecule has 0 radical (unpaired) electrons. The lowest BCUT2D eigenvalue weighted by Gasteiger charge is -2.24. The number of nitrogens with zero attached hydrogens (tertiary/aromatic N) is 1.